The Morgan fingerprint density at radius 3 is 2.50 bits per heavy atom. The zero-order valence-corrected chi connectivity index (χ0v) is 9.24. The summed E-state index contributed by atoms with van der Waals surface area (Å²) in [5.74, 6) is 2.94. The molecule has 0 unspecified atom stereocenters. The van der Waals surface area contributed by atoms with Crippen LogP contribution in [0, 0.1) is 5.92 Å². The summed E-state index contributed by atoms with van der Waals surface area (Å²) in [7, 11) is 0. The first-order valence-electron chi connectivity index (χ1n) is 5.31. The van der Waals surface area contributed by atoms with Gasteiger partial charge in [0.1, 0.15) is 0 Å². The highest BCUT2D eigenvalue weighted by atomic mass is 16.7. The van der Waals surface area contributed by atoms with Gasteiger partial charge in [-0.15, -0.1) is 13.2 Å². The number of benzene rings is 1. The molecule has 0 fully saturated rings. The second kappa shape index (κ2) is 4.88. The van der Waals surface area contributed by atoms with E-state index < -0.39 is 0 Å². The molecule has 0 bridgehead atoms. The van der Waals surface area contributed by atoms with E-state index in [0.29, 0.717) is 6.79 Å². The van der Waals surface area contributed by atoms with Crippen molar-refractivity contribution in [1.29, 1.82) is 0 Å². The van der Waals surface area contributed by atoms with Crippen LogP contribution in [0.3, 0.4) is 0 Å². The van der Waals surface area contributed by atoms with Crippen LogP contribution in [0.2, 0.25) is 0 Å². The van der Waals surface area contributed by atoms with Gasteiger partial charge in [0.25, 0.3) is 0 Å². The Labute approximate surface area is 96.2 Å². The normalized spacial score (nSPS) is 12.8. The largest absolute Gasteiger partial charge is 0.454 e. The monoisotopic (exact) mass is 215 g/mol. The van der Waals surface area contributed by atoms with E-state index in [9.17, 15) is 0 Å². The van der Waals surface area contributed by atoms with E-state index in [1.807, 2.05) is 24.3 Å². The summed E-state index contributed by atoms with van der Waals surface area (Å²) in [6.45, 7) is 7.86. The van der Waals surface area contributed by atoms with Gasteiger partial charge in [-0.2, -0.15) is 0 Å². The molecule has 83 valence electrons. The molecule has 0 aliphatic carbocycles. The SMILES string of the molecule is C=CC[C](CC=C)c1ccc2c(c1)OCO2. The molecule has 1 aliphatic rings. The van der Waals surface area contributed by atoms with Crippen molar-refractivity contribution in [2.45, 2.75) is 12.8 Å². The summed E-state index contributed by atoms with van der Waals surface area (Å²) in [6.07, 6.45) is 5.55. The summed E-state index contributed by atoms with van der Waals surface area (Å²) >= 11 is 0. The molecule has 2 nitrogen and oxygen atoms in total. The average molecular weight is 215 g/mol. The molecule has 16 heavy (non-hydrogen) atoms. The van der Waals surface area contributed by atoms with E-state index in [0.717, 1.165) is 24.3 Å². The van der Waals surface area contributed by atoms with Crippen molar-refractivity contribution in [3.05, 3.63) is 55.0 Å². The third kappa shape index (κ3) is 2.11. The second-order valence-corrected chi connectivity index (χ2v) is 3.66. The van der Waals surface area contributed by atoms with E-state index in [-0.39, 0.29) is 0 Å². The summed E-state index contributed by atoms with van der Waals surface area (Å²) in [6, 6.07) is 6.02. The Morgan fingerprint density at radius 2 is 1.81 bits per heavy atom. The number of hydrogen-bond donors (Lipinski definition) is 0. The third-order valence-corrected chi connectivity index (χ3v) is 2.56. The first kappa shape index (κ1) is 10.8. The Bertz CT molecular complexity index is 386. The minimum atomic E-state index is 0.317. The van der Waals surface area contributed by atoms with Crippen LogP contribution in [0.5, 0.6) is 11.5 Å². The summed E-state index contributed by atoms with van der Waals surface area (Å²) in [5, 5.41) is 0. The molecular formula is C14H15O2. The van der Waals surface area contributed by atoms with Gasteiger partial charge in [0.05, 0.1) is 0 Å². The molecule has 0 amide bonds. The lowest BCUT2D eigenvalue weighted by Gasteiger charge is -2.12. The third-order valence-electron chi connectivity index (χ3n) is 2.56. The molecule has 0 saturated heterocycles. The molecular weight excluding hydrogens is 200 g/mol. The number of allylic oxidation sites excluding steroid dienone is 2. The molecule has 2 heteroatoms. The molecule has 1 aliphatic heterocycles. The van der Waals surface area contributed by atoms with Crippen molar-refractivity contribution in [3.8, 4) is 11.5 Å². The van der Waals surface area contributed by atoms with Crippen molar-refractivity contribution < 1.29 is 9.47 Å². The van der Waals surface area contributed by atoms with Crippen LogP contribution in [0.4, 0.5) is 0 Å². The molecule has 1 aromatic carbocycles. The van der Waals surface area contributed by atoms with Crippen molar-refractivity contribution in [2.75, 3.05) is 6.79 Å². The summed E-state index contributed by atoms with van der Waals surface area (Å²) < 4.78 is 10.6. The Kier molecular flexibility index (Phi) is 3.30. The van der Waals surface area contributed by atoms with Crippen LogP contribution in [-0.2, 0) is 0 Å². The molecule has 1 heterocycles. The van der Waals surface area contributed by atoms with Crippen LogP contribution in [0.1, 0.15) is 18.4 Å². The molecule has 1 aromatic rings. The standard InChI is InChI=1S/C14H15O2/c1-3-5-11(6-4-2)12-7-8-13-14(9-12)16-10-15-13/h3-4,7-9H,1-2,5-6,10H2. The fourth-order valence-corrected chi connectivity index (χ4v) is 1.78. The van der Waals surface area contributed by atoms with E-state index in [1.54, 1.807) is 0 Å². The lowest BCUT2D eigenvalue weighted by molar-refractivity contribution is 0.174. The van der Waals surface area contributed by atoms with Crippen LogP contribution in [0.15, 0.2) is 43.5 Å². The predicted octanol–water partition coefficient (Wildman–Crippen LogP) is 3.49. The minimum Gasteiger partial charge on any atom is -0.454 e. The molecule has 0 atom stereocenters. The number of hydrogen-bond acceptors (Lipinski definition) is 2. The molecule has 1 radical (unpaired) electrons. The maximum absolute atomic E-state index is 5.36. The maximum atomic E-state index is 5.36. The van der Waals surface area contributed by atoms with Crippen LogP contribution in [0.25, 0.3) is 0 Å². The van der Waals surface area contributed by atoms with Crippen LogP contribution < -0.4 is 9.47 Å². The number of fused-ring (bicyclic) bond motifs is 1. The van der Waals surface area contributed by atoms with Crippen molar-refractivity contribution in [2.24, 2.45) is 0 Å². The van der Waals surface area contributed by atoms with Crippen molar-refractivity contribution in [3.63, 3.8) is 0 Å². The first-order valence-corrected chi connectivity index (χ1v) is 5.31. The van der Waals surface area contributed by atoms with E-state index >= 15 is 0 Å². The van der Waals surface area contributed by atoms with E-state index in [4.69, 9.17) is 9.47 Å². The zero-order valence-electron chi connectivity index (χ0n) is 9.24. The van der Waals surface area contributed by atoms with Gasteiger partial charge in [-0.1, -0.05) is 18.2 Å². The van der Waals surface area contributed by atoms with Gasteiger partial charge in [0.2, 0.25) is 6.79 Å². The van der Waals surface area contributed by atoms with Gasteiger partial charge in [-0.05, 0) is 30.5 Å². The van der Waals surface area contributed by atoms with Crippen molar-refractivity contribution in [1.82, 2.24) is 0 Å². The van der Waals surface area contributed by atoms with Gasteiger partial charge in [0, 0.05) is 5.92 Å². The molecule has 0 N–H and O–H groups in total. The van der Waals surface area contributed by atoms with Crippen LogP contribution in [-0.4, -0.2) is 6.79 Å². The summed E-state index contributed by atoms with van der Waals surface area (Å²) in [4.78, 5) is 0. The molecule has 2 rings (SSSR count). The highest BCUT2D eigenvalue weighted by molar-refractivity contribution is 5.48. The Hall–Kier alpha value is -1.70. The molecule has 0 spiro atoms. The Balaban J connectivity index is 2.23. The zero-order chi connectivity index (χ0) is 11.4. The fourth-order valence-electron chi connectivity index (χ4n) is 1.78. The fraction of sp³-hybridized carbons (Fsp3) is 0.214. The molecule has 0 aromatic heterocycles. The lowest BCUT2D eigenvalue weighted by atomic mass is 9.92. The topological polar surface area (TPSA) is 18.5 Å². The average Bonchev–Trinajstić information content (AvgIpc) is 2.75. The maximum Gasteiger partial charge on any atom is 0.231 e. The number of ether oxygens (including phenoxy) is 2. The summed E-state index contributed by atoms with van der Waals surface area (Å²) in [5.41, 5.74) is 1.17. The number of rotatable bonds is 5. The quantitative estimate of drug-likeness (QED) is 0.700. The highest BCUT2D eigenvalue weighted by Gasteiger charge is 2.16. The first-order chi connectivity index (χ1) is 7.85. The van der Waals surface area contributed by atoms with Crippen LogP contribution >= 0.6 is 0 Å². The predicted molar refractivity (Wildman–Crippen MR) is 64.5 cm³/mol. The van der Waals surface area contributed by atoms with Gasteiger partial charge in [-0.3, -0.25) is 0 Å². The Morgan fingerprint density at radius 1 is 1.12 bits per heavy atom. The highest BCUT2D eigenvalue weighted by Crippen LogP contribution is 2.36. The van der Waals surface area contributed by atoms with Gasteiger partial charge in [-0.25, -0.2) is 0 Å². The smallest absolute Gasteiger partial charge is 0.231 e. The second-order valence-electron chi connectivity index (χ2n) is 3.66. The van der Waals surface area contributed by atoms with E-state index in [2.05, 4.69) is 19.2 Å². The lowest BCUT2D eigenvalue weighted by Crippen LogP contribution is -1.97. The van der Waals surface area contributed by atoms with E-state index in [1.165, 1.54) is 11.5 Å². The van der Waals surface area contributed by atoms with Gasteiger partial charge in [0.15, 0.2) is 11.5 Å². The minimum absolute atomic E-state index is 0.317. The van der Waals surface area contributed by atoms with Gasteiger partial charge < -0.3 is 9.47 Å². The van der Waals surface area contributed by atoms with Gasteiger partial charge >= 0.3 is 0 Å². The van der Waals surface area contributed by atoms with Crippen molar-refractivity contribution >= 4 is 0 Å². The molecule has 0 saturated carbocycles.